The average Bonchev–Trinajstić information content (AvgIpc) is 3.46. The zero-order chi connectivity index (χ0) is 40.2. The Balaban J connectivity index is 2.35. The molecule has 0 radical (unpaired) electrons. The standard InChI is InChI=1S/C41H71N5O7/c1-15-28(6)36(45(11)40(50)34(26(2)3)43-39(49)35(27(4)5)44(9)10)32(52-13)23-33(47)46-25-31(51-12)24-41(46,8)37(53-14)29(7)38(48)42-22-21-30-19-17-16-18-20-30/h16-20,26-29,31-32,34-37H,15,21-25H2,1-14H3,(H,42,48)(H,43,49)/t28?,29-,31+,32-,34+,35+,36+,37-,41+/m1/s1. The van der Waals surface area contributed by atoms with Crippen LogP contribution >= 0.6 is 0 Å². The van der Waals surface area contributed by atoms with E-state index in [1.807, 2.05) is 97.8 Å². The molecule has 12 heteroatoms. The van der Waals surface area contributed by atoms with Gasteiger partial charge >= 0.3 is 0 Å². The minimum Gasteiger partial charge on any atom is -0.380 e. The third-order valence-corrected chi connectivity index (χ3v) is 11.3. The lowest BCUT2D eigenvalue weighted by Gasteiger charge is -2.44. The van der Waals surface area contributed by atoms with Gasteiger partial charge in [-0.05, 0) is 50.8 Å². The first kappa shape index (κ1) is 46.1. The topological polar surface area (TPSA) is 130 Å². The lowest BCUT2D eigenvalue weighted by molar-refractivity contribution is -0.152. The van der Waals surface area contributed by atoms with Crippen molar-refractivity contribution in [2.45, 2.75) is 123 Å². The highest BCUT2D eigenvalue weighted by Crippen LogP contribution is 2.39. The predicted octanol–water partition coefficient (Wildman–Crippen LogP) is 4.01. The molecule has 0 spiro atoms. The van der Waals surface area contributed by atoms with E-state index < -0.39 is 41.8 Å². The van der Waals surface area contributed by atoms with Crippen LogP contribution in [0.15, 0.2) is 30.3 Å². The van der Waals surface area contributed by atoms with Crippen molar-refractivity contribution in [2.24, 2.45) is 23.7 Å². The summed E-state index contributed by atoms with van der Waals surface area (Å²) in [6, 6.07) is 8.36. The van der Waals surface area contributed by atoms with E-state index in [4.69, 9.17) is 14.2 Å². The number of methoxy groups -OCH3 is 3. The van der Waals surface area contributed by atoms with Gasteiger partial charge < -0.3 is 34.6 Å². The second-order valence-corrected chi connectivity index (χ2v) is 16.1. The minimum atomic E-state index is -0.860. The molecule has 0 aliphatic carbocycles. The first-order valence-corrected chi connectivity index (χ1v) is 19.3. The van der Waals surface area contributed by atoms with Crippen LogP contribution in [0.25, 0.3) is 0 Å². The van der Waals surface area contributed by atoms with E-state index in [0.717, 1.165) is 12.0 Å². The number of carbonyl (C=O) groups excluding carboxylic acids is 4. The zero-order valence-corrected chi connectivity index (χ0v) is 35.1. The van der Waals surface area contributed by atoms with Crippen LogP contribution in [0.5, 0.6) is 0 Å². The lowest BCUT2D eigenvalue weighted by atomic mass is 9.82. The summed E-state index contributed by atoms with van der Waals surface area (Å²) in [7, 11) is 10.2. The molecule has 1 heterocycles. The van der Waals surface area contributed by atoms with Gasteiger partial charge in [0.1, 0.15) is 6.04 Å². The molecule has 302 valence electrons. The number of benzene rings is 1. The van der Waals surface area contributed by atoms with Gasteiger partial charge in [0.15, 0.2) is 0 Å². The summed E-state index contributed by atoms with van der Waals surface area (Å²) in [6.45, 7) is 16.5. The van der Waals surface area contributed by atoms with Gasteiger partial charge in [0.2, 0.25) is 23.6 Å². The van der Waals surface area contributed by atoms with Crippen LogP contribution in [0.2, 0.25) is 0 Å². The molecule has 12 nitrogen and oxygen atoms in total. The lowest BCUT2D eigenvalue weighted by Crippen LogP contribution is -2.60. The Labute approximate surface area is 320 Å². The molecular formula is C41H71N5O7. The SMILES string of the molecule is CCC(C)[C@@H]([C@@H](CC(=O)N1C[C@@H](OC)C[C@@]1(C)[C@H](OC)[C@@H](C)C(=O)NCCc1ccccc1)OC)N(C)C(=O)[C@@H](NC(=O)[C@H](C(C)C)N(C)C)C(C)C. The van der Waals surface area contributed by atoms with E-state index in [9.17, 15) is 19.2 Å². The van der Waals surface area contributed by atoms with Crippen LogP contribution in [0.3, 0.4) is 0 Å². The summed E-state index contributed by atoms with van der Waals surface area (Å²) in [4.78, 5) is 61.1. The number of hydrogen-bond donors (Lipinski definition) is 2. The average molecular weight is 746 g/mol. The fourth-order valence-electron chi connectivity index (χ4n) is 8.25. The van der Waals surface area contributed by atoms with E-state index in [0.29, 0.717) is 25.9 Å². The molecule has 53 heavy (non-hydrogen) atoms. The van der Waals surface area contributed by atoms with Gasteiger partial charge in [-0.1, -0.05) is 85.2 Å². The van der Waals surface area contributed by atoms with Crippen LogP contribution in [0.1, 0.15) is 80.2 Å². The number of amides is 4. The molecule has 0 aromatic heterocycles. The second kappa shape index (κ2) is 21.1. The van der Waals surface area contributed by atoms with Crippen LogP contribution in [0.4, 0.5) is 0 Å². The maximum absolute atomic E-state index is 14.5. The number of nitrogens with zero attached hydrogens (tertiary/aromatic N) is 3. The Morgan fingerprint density at radius 2 is 1.55 bits per heavy atom. The summed E-state index contributed by atoms with van der Waals surface area (Å²) < 4.78 is 17.9. The summed E-state index contributed by atoms with van der Waals surface area (Å²) in [5.41, 5.74) is 0.275. The molecule has 0 bridgehead atoms. The normalized spacial score (nSPS) is 21.5. The van der Waals surface area contributed by atoms with Crippen molar-refractivity contribution in [3.8, 4) is 0 Å². The minimum absolute atomic E-state index is 0.00199. The fourth-order valence-corrected chi connectivity index (χ4v) is 8.25. The Bertz CT molecular complexity index is 1300. The van der Waals surface area contributed by atoms with Crippen LogP contribution in [0, 0.1) is 23.7 Å². The fraction of sp³-hybridized carbons (Fsp3) is 0.756. The maximum Gasteiger partial charge on any atom is 0.245 e. The molecule has 1 aliphatic rings. The molecule has 1 unspecified atom stereocenters. The molecule has 4 amide bonds. The number of nitrogens with one attached hydrogen (secondary N) is 2. The third-order valence-electron chi connectivity index (χ3n) is 11.3. The Hall–Kier alpha value is -3.06. The molecule has 1 aromatic carbocycles. The van der Waals surface area contributed by atoms with Crippen molar-refractivity contribution >= 4 is 23.6 Å². The van der Waals surface area contributed by atoms with E-state index in [-0.39, 0.29) is 53.9 Å². The Morgan fingerprint density at radius 1 is 0.925 bits per heavy atom. The number of likely N-dealkylation sites (tertiary alicyclic amines) is 1. The van der Waals surface area contributed by atoms with Crippen LogP contribution < -0.4 is 10.6 Å². The van der Waals surface area contributed by atoms with Crippen LogP contribution in [-0.2, 0) is 39.8 Å². The summed E-state index contributed by atoms with van der Waals surface area (Å²) in [5.74, 6) is -1.47. The van der Waals surface area contributed by atoms with Crippen molar-refractivity contribution < 1.29 is 33.4 Å². The second-order valence-electron chi connectivity index (χ2n) is 16.1. The van der Waals surface area contributed by atoms with Gasteiger partial charge in [-0.15, -0.1) is 0 Å². The molecule has 1 saturated heterocycles. The summed E-state index contributed by atoms with van der Waals surface area (Å²) in [6.07, 6.45) is 0.407. The van der Waals surface area contributed by atoms with Gasteiger partial charge in [-0.3, -0.25) is 24.1 Å². The number of hydrogen-bond acceptors (Lipinski definition) is 8. The zero-order valence-electron chi connectivity index (χ0n) is 35.1. The van der Waals surface area contributed by atoms with E-state index in [2.05, 4.69) is 17.6 Å². The highest BCUT2D eigenvalue weighted by molar-refractivity contribution is 5.90. The quantitative estimate of drug-likeness (QED) is 0.193. The monoisotopic (exact) mass is 746 g/mol. The van der Waals surface area contributed by atoms with Gasteiger partial charge in [0.25, 0.3) is 0 Å². The maximum atomic E-state index is 14.5. The first-order chi connectivity index (χ1) is 24.9. The number of likely N-dealkylation sites (N-methyl/N-ethyl adjacent to an activating group) is 2. The summed E-state index contributed by atoms with van der Waals surface area (Å²) in [5, 5.41) is 6.11. The molecule has 0 saturated carbocycles. The van der Waals surface area contributed by atoms with Crippen LogP contribution in [-0.4, -0.2) is 136 Å². The van der Waals surface area contributed by atoms with Crippen molar-refractivity contribution in [3.05, 3.63) is 35.9 Å². The number of rotatable bonds is 21. The molecule has 2 N–H and O–H groups in total. The van der Waals surface area contributed by atoms with E-state index >= 15 is 0 Å². The van der Waals surface area contributed by atoms with Gasteiger partial charge in [-0.2, -0.15) is 0 Å². The number of carbonyl (C=O) groups is 4. The predicted molar refractivity (Wildman–Crippen MR) is 209 cm³/mol. The van der Waals surface area contributed by atoms with Crippen molar-refractivity contribution in [1.82, 2.24) is 25.3 Å². The van der Waals surface area contributed by atoms with Crippen molar-refractivity contribution in [3.63, 3.8) is 0 Å². The smallest absolute Gasteiger partial charge is 0.245 e. The summed E-state index contributed by atoms with van der Waals surface area (Å²) >= 11 is 0. The van der Waals surface area contributed by atoms with Gasteiger partial charge in [0.05, 0.1) is 48.3 Å². The van der Waals surface area contributed by atoms with Gasteiger partial charge in [-0.25, -0.2) is 0 Å². The highest BCUT2D eigenvalue weighted by Gasteiger charge is 2.53. The molecular weight excluding hydrogens is 674 g/mol. The van der Waals surface area contributed by atoms with Gasteiger partial charge in [0, 0.05) is 47.9 Å². The molecule has 9 atom stereocenters. The largest absolute Gasteiger partial charge is 0.380 e. The Kier molecular flexibility index (Phi) is 18.4. The van der Waals surface area contributed by atoms with Crippen molar-refractivity contribution in [1.29, 1.82) is 0 Å². The van der Waals surface area contributed by atoms with Crippen molar-refractivity contribution in [2.75, 3.05) is 55.6 Å². The molecule has 1 aromatic rings. The first-order valence-electron chi connectivity index (χ1n) is 19.3. The van der Waals surface area contributed by atoms with E-state index in [1.165, 1.54) is 0 Å². The molecule has 1 aliphatic heterocycles. The third kappa shape index (κ3) is 11.7. The van der Waals surface area contributed by atoms with E-state index in [1.54, 1.807) is 38.2 Å². The molecule has 2 rings (SSSR count). The highest BCUT2D eigenvalue weighted by atomic mass is 16.5. The number of ether oxygens (including phenoxy) is 3. The molecule has 1 fully saturated rings. The Morgan fingerprint density at radius 3 is 2.04 bits per heavy atom.